The molecule has 0 radical (unpaired) electrons. The van der Waals surface area contributed by atoms with Gasteiger partial charge < -0.3 is 15.8 Å². The van der Waals surface area contributed by atoms with Crippen molar-refractivity contribution in [2.75, 3.05) is 17.7 Å². The summed E-state index contributed by atoms with van der Waals surface area (Å²) in [6, 6.07) is 14.7. The van der Waals surface area contributed by atoms with Gasteiger partial charge in [-0.25, -0.2) is 0 Å². The van der Waals surface area contributed by atoms with Crippen LogP contribution in [-0.2, 0) is 6.42 Å². The van der Waals surface area contributed by atoms with Gasteiger partial charge in [-0.05, 0) is 55.2 Å². The van der Waals surface area contributed by atoms with Crippen LogP contribution in [0.2, 0.25) is 0 Å². The van der Waals surface area contributed by atoms with Crippen LogP contribution in [0.25, 0.3) is 0 Å². The number of nitrogens with one attached hydrogen (secondary N) is 1. The third-order valence-electron chi connectivity index (χ3n) is 3.73. The van der Waals surface area contributed by atoms with E-state index in [9.17, 15) is 0 Å². The second-order valence-corrected chi connectivity index (χ2v) is 5.15. The molecule has 1 aliphatic rings. The molecule has 3 N–H and O–H groups in total. The molecule has 3 heteroatoms. The highest BCUT2D eigenvalue weighted by atomic mass is 16.5. The van der Waals surface area contributed by atoms with Crippen LogP contribution in [0.3, 0.4) is 0 Å². The molecule has 0 amide bonds. The summed E-state index contributed by atoms with van der Waals surface area (Å²) >= 11 is 0. The van der Waals surface area contributed by atoms with Gasteiger partial charge in [-0.3, -0.25) is 0 Å². The van der Waals surface area contributed by atoms with Gasteiger partial charge in [0.05, 0.1) is 12.6 Å². The Labute approximate surface area is 119 Å². The maximum atomic E-state index is 5.85. The number of nitrogens with two attached hydrogens (primary N) is 1. The summed E-state index contributed by atoms with van der Waals surface area (Å²) in [4.78, 5) is 0. The van der Waals surface area contributed by atoms with Crippen molar-refractivity contribution < 1.29 is 4.74 Å². The molecule has 1 unspecified atom stereocenters. The fraction of sp³-hybridized carbons (Fsp3) is 0.294. The molecule has 3 rings (SSSR count). The Bertz CT molecular complexity index is 610. The van der Waals surface area contributed by atoms with E-state index in [0.29, 0.717) is 12.6 Å². The maximum absolute atomic E-state index is 5.85. The molecule has 0 aromatic heterocycles. The van der Waals surface area contributed by atoms with E-state index < -0.39 is 0 Å². The van der Waals surface area contributed by atoms with E-state index >= 15 is 0 Å². The van der Waals surface area contributed by atoms with Crippen molar-refractivity contribution in [3.8, 4) is 5.75 Å². The molecular weight excluding hydrogens is 248 g/mol. The van der Waals surface area contributed by atoms with Crippen LogP contribution in [0.1, 0.15) is 30.5 Å². The van der Waals surface area contributed by atoms with Crippen molar-refractivity contribution in [1.82, 2.24) is 0 Å². The number of hydrogen-bond donors (Lipinski definition) is 2. The van der Waals surface area contributed by atoms with E-state index in [0.717, 1.165) is 30.0 Å². The molecule has 0 saturated heterocycles. The van der Waals surface area contributed by atoms with Gasteiger partial charge in [-0.1, -0.05) is 12.1 Å². The van der Waals surface area contributed by atoms with Crippen LogP contribution >= 0.6 is 0 Å². The van der Waals surface area contributed by atoms with Gasteiger partial charge in [-0.15, -0.1) is 0 Å². The number of rotatable bonds is 4. The van der Waals surface area contributed by atoms with E-state index in [-0.39, 0.29) is 0 Å². The zero-order chi connectivity index (χ0) is 13.9. The molecule has 3 nitrogen and oxygen atoms in total. The number of aryl methyl sites for hydroxylation is 1. The molecule has 0 aliphatic heterocycles. The lowest BCUT2D eigenvalue weighted by atomic mass is 10.1. The first-order valence-electron chi connectivity index (χ1n) is 7.14. The van der Waals surface area contributed by atoms with Crippen LogP contribution in [-0.4, -0.2) is 6.61 Å². The highest BCUT2D eigenvalue weighted by molar-refractivity contribution is 5.54. The Morgan fingerprint density at radius 2 is 2.15 bits per heavy atom. The number of nitrogen functional groups attached to an aromatic ring is 1. The summed E-state index contributed by atoms with van der Waals surface area (Å²) in [7, 11) is 0. The van der Waals surface area contributed by atoms with E-state index in [4.69, 9.17) is 10.5 Å². The number of anilines is 2. The predicted octanol–water partition coefficient (Wildman–Crippen LogP) is 3.77. The van der Waals surface area contributed by atoms with Crippen molar-refractivity contribution >= 4 is 11.4 Å². The zero-order valence-electron chi connectivity index (χ0n) is 11.7. The smallest absolute Gasteiger partial charge is 0.121 e. The van der Waals surface area contributed by atoms with E-state index in [1.807, 2.05) is 25.1 Å². The molecule has 0 bridgehead atoms. The van der Waals surface area contributed by atoms with Gasteiger partial charge in [0.1, 0.15) is 5.75 Å². The van der Waals surface area contributed by atoms with Gasteiger partial charge in [0, 0.05) is 17.4 Å². The van der Waals surface area contributed by atoms with Crippen LogP contribution in [0, 0.1) is 0 Å². The fourth-order valence-corrected chi connectivity index (χ4v) is 2.83. The van der Waals surface area contributed by atoms with Crippen molar-refractivity contribution in [2.24, 2.45) is 0 Å². The minimum absolute atomic E-state index is 0.363. The quantitative estimate of drug-likeness (QED) is 0.830. The number of hydrogen-bond acceptors (Lipinski definition) is 3. The number of fused-ring (bicyclic) bond motifs is 1. The molecule has 0 saturated carbocycles. The topological polar surface area (TPSA) is 47.3 Å². The predicted molar refractivity (Wildman–Crippen MR) is 83.2 cm³/mol. The van der Waals surface area contributed by atoms with Gasteiger partial charge in [0.2, 0.25) is 0 Å². The Morgan fingerprint density at radius 1 is 1.25 bits per heavy atom. The lowest BCUT2D eigenvalue weighted by Gasteiger charge is -2.16. The molecule has 2 aromatic rings. The molecule has 2 aromatic carbocycles. The lowest BCUT2D eigenvalue weighted by Crippen LogP contribution is -2.07. The molecular formula is C17H20N2O. The molecule has 0 fully saturated rings. The Morgan fingerprint density at radius 3 is 3.00 bits per heavy atom. The van der Waals surface area contributed by atoms with Crippen LogP contribution in [0.15, 0.2) is 42.5 Å². The first-order valence-corrected chi connectivity index (χ1v) is 7.14. The number of ether oxygens (including phenoxy) is 1. The van der Waals surface area contributed by atoms with Crippen molar-refractivity contribution in [3.63, 3.8) is 0 Å². The maximum Gasteiger partial charge on any atom is 0.121 e. The monoisotopic (exact) mass is 268 g/mol. The van der Waals surface area contributed by atoms with E-state index in [2.05, 4.69) is 29.6 Å². The lowest BCUT2D eigenvalue weighted by molar-refractivity contribution is 0.340. The Kier molecular flexibility index (Phi) is 3.50. The molecule has 104 valence electrons. The fourth-order valence-electron chi connectivity index (χ4n) is 2.83. The SMILES string of the molecule is CCOc1cccc(NC2CCc3cc(N)ccc32)c1. The highest BCUT2D eigenvalue weighted by Gasteiger charge is 2.22. The summed E-state index contributed by atoms with van der Waals surface area (Å²) in [5, 5.41) is 3.59. The summed E-state index contributed by atoms with van der Waals surface area (Å²) in [5.74, 6) is 0.910. The minimum atomic E-state index is 0.363. The third-order valence-corrected chi connectivity index (χ3v) is 3.73. The average molecular weight is 268 g/mol. The van der Waals surface area contributed by atoms with Gasteiger partial charge >= 0.3 is 0 Å². The molecule has 20 heavy (non-hydrogen) atoms. The van der Waals surface area contributed by atoms with Crippen molar-refractivity contribution in [1.29, 1.82) is 0 Å². The largest absolute Gasteiger partial charge is 0.494 e. The van der Waals surface area contributed by atoms with E-state index in [1.165, 1.54) is 11.1 Å². The number of benzene rings is 2. The second-order valence-electron chi connectivity index (χ2n) is 5.15. The van der Waals surface area contributed by atoms with Gasteiger partial charge in [-0.2, -0.15) is 0 Å². The Balaban J connectivity index is 1.78. The van der Waals surface area contributed by atoms with Crippen LogP contribution < -0.4 is 15.8 Å². The standard InChI is InChI=1S/C17H20N2O/c1-2-20-15-5-3-4-14(11-15)19-17-9-6-12-10-13(18)7-8-16(12)17/h3-5,7-8,10-11,17,19H,2,6,9,18H2,1H3. The first kappa shape index (κ1) is 12.9. The minimum Gasteiger partial charge on any atom is -0.494 e. The Hall–Kier alpha value is -2.16. The first-order chi connectivity index (χ1) is 9.76. The summed E-state index contributed by atoms with van der Waals surface area (Å²) in [6.45, 7) is 2.69. The highest BCUT2D eigenvalue weighted by Crippen LogP contribution is 2.35. The van der Waals surface area contributed by atoms with Crippen molar-refractivity contribution in [3.05, 3.63) is 53.6 Å². The summed E-state index contributed by atoms with van der Waals surface area (Å²) < 4.78 is 5.54. The van der Waals surface area contributed by atoms with Gasteiger partial charge in [0.25, 0.3) is 0 Å². The molecule has 1 atom stereocenters. The van der Waals surface area contributed by atoms with Gasteiger partial charge in [0.15, 0.2) is 0 Å². The second kappa shape index (κ2) is 5.45. The average Bonchev–Trinajstić information content (AvgIpc) is 2.82. The van der Waals surface area contributed by atoms with E-state index in [1.54, 1.807) is 0 Å². The van der Waals surface area contributed by atoms with Crippen LogP contribution in [0.4, 0.5) is 11.4 Å². The van der Waals surface area contributed by atoms with Crippen LogP contribution in [0.5, 0.6) is 5.75 Å². The summed E-state index contributed by atoms with van der Waals surface area (Å²) in [6.07, 6.45) is 2.20. The summed E-state index contributed by atoms with van der Waals surface area (Å²) in [5.41, 5.74) is 10.5. The molecule has 0 heterocycles. The normalized spacial score (nSPS) is 16.8. The zero-order valence-corrected chi connectivity index (χ0v) is 11.7. The van der Waals surface area contributed by atoms with Crippen molar-refractivity contribution in [2.45, 2.75) is 25.8 Å². The molecule has 0 spiro atoms. The third kappa shape index (κ3) is 2.57. The molecule has 1 aliphatic carbocycles.